The third-order valence-electron chi connectivity index (χ3n) is 0.882. The van der Waals surface area contributed by atoms with Crippen molar-refractivity contribution in [2.45, 2.75) is 6.36 Å². The Hall–Kier alpha value is -1.53. The topological polar surface area (TPSA) is 61.0 Å². The summed E-state index contributed by atoms with van der Waals surface area (Å²) in [5.41, 5.74) is 5.03. The van der Waals surface area contributed by atoms with Crippen LogP contribution >= 0.6 is 0 Å². The highest BCUT2D eigenvalue weighted by Crippen LogP contribution is 2.20. The summed E-state index contributed by atoms with van der Waals surface area (Å²) in [5, 5.41) is 0. The number of alkyl halides is 3. The minimum Gasteiger partial charge on any atom is -0.402 e. The molecule has 66 valence electrons. The molecule has 0 aliphatic carbocycles. The van der Waals surface area contributed by atoms with Crippen LogP contribution in [0.15, 0.2) is 12.4 Å². The molecule has 0 aliphatic rings. The number of rotatable bonds is 1. The molecule has 0 spiro atoms. The van der Waals surface area contributed by atoms with Crippen molar-refractivity contribution in [3.63, 3.8) is 0 Å². The highest BCUT2D eigenvalue weighted by atomic mass is 19.4. The number of anilines is 1. The number of nitrogen functional groups attached to an aromatic ring is 1. The second-order valence-corrected chi connectivity index (χ2v) is 1.82. The Morgan fingerprint density at radius 3 is 2.17 bits per heavy atom. The number of ether oxygens (including phenoxy) is 1. The molecule has 0 fully saturated rings. The van der Waals surface area contributed by atoms with Gasteiger partial charge < -0.3 is 10.5 Å². The van der Waals surface area contributed by atoms with E-state index in [0.717, 1.165) is 12.4 Å². The highest BCUT2D eigenvalue weighted by molar-refractivity contribution is 5.21. The fourth-order valence-electron chi connectivity index (χ4n) is 0.513. The molecule has 2 N–H and O–H groups in total. The van der Waals surface area contributed by atoms with E-state index in [1.54, 1.807) is 0 Å². The van der Waals surface area contributed by atoms with Gasteiger partial charge in [-0.15, -0.1) is 13.2 Å². The van der Waals surface area contributed by atoms with Gasteiger partial charge in [-0.2, -0.15) is 0 Å². The minimum atomic E-state index is -4.72. The standard InChI is InChI=1S/C5H4F3N3O/c6-5(7,8)12-3-1-10-4(9)11-2-3/h1-2H,(H2,9,10,11). The summed E-state index contributed by atoms with van der Waals surface area (Å²) in [5.74, 6) is -0.596. The fraction of sp³-hybridized carbons (Fsp3) is 0.200. The summed E-state index contributed by atoms with van der Waals surface area (Å²) in [6, 6.07) is 0. The second kappa shape index (κ2) is 2.84. The highest BCUT2D eigenvalue weighted by Gasteiger charge is 2.31. The van der Waals surface area contributed by atoms with E-state index in [1.807, 2.05) is 0 Å². The molecular formula is C5H4F3N3O. The Labute approximate surface area is 65.2 Å². The summed E-state index contributed by atoms with van der Waals surface area (Å²) in [4.78, 5) is 6.61. The lowest BCUT2D eigenvalue weighted by molar-refractivity contribution is -0.274. The lowest BCUT2D eigenvalue weighted by Crippen LogP contribution is -2.17. The van der Waals surface area contributed by atoms with Crippen LogP contribution in [-0.2, 0) is 0 Å². The van der Waals surface area contributed by atoms with Crippen LogP contribution in [0, 0.1) is 0 Å². The van der Waals surface area contributed by atoms with Crippen molar-refractivity contribution >= 4 is 5.95 Å². The van der Waals surface area contributed by atoms with Crippen molar-refractivity contribution in [2.75, 3.05) is 5.73 Å². The number of aromatic nitrogens is 2. The van der Waals surface area contributed by atoms with Crippen LogP contribution in [0.2, 0.25) is 0 Å². The average molecular weight is 179 g/mol. The van der Waals surface area contributed by atoms with Crippen molar-refractivity contribution in [3.8, 4) is 5.75 Å². The first kappa shape index (κ1) is 8.57. The lowest BCUT2D eigenvalue weighted by Gasteiger charge is -2.06. The first-order valence-corrected chi connectivity index (χ1v) is 2.80. The summed E-state index contributed by atoms with van der Waals surface area (Å²) in [7, 11) is 0. The van der Waals surface area contributed by atoms with Gasteiger partial charge in [-0.05, 0) is 0 Å². The molecule has 1 rings (SSSR count). The van der Waals surface area contributed by atoms with Crippen molar-refractivity contribution in [3.05, 3.63) is 12.4 Å². The van der Waals surface area contributed by atoms with Crippen LogP contribution in [0.25, 0.3) is 0 Å². The maximum atomic E-state index is 11.5. The van der Waals surface area contributed by atoms with E-state index in [1.165, 1.54) is 0 Å². The zero-order chi connectivity index (χ0) is 9.19. The Bertz CT molecular complexity index is 258. The van der Waals surface area contributed by atoms with Gasteiger partial charge in [-0.25, -0.2) is 9.97 Å². The van der Waals surface area contributed by atoms with Crippen LogP contribution < -0.4 is 10.5 Å². The van der Waals surface area contributed by atoms with Crippen LogP contribution in [0.3, 0.4) is 0 Å². The Balaban J connectivity index is 2.71. The molecule has 0 aliphatic heterocycles. The van der Waals surface area contributed by atoms with Crippen LogP contribution in [0.5, 0.6) is 5.75 Å². The molecular weight excluding hydrogens is 175 g/mol. The monoisotopic (exact) mass is 179 g/mol. The number of nitrogens with zero attached hydrogens (tertiary/aromatic N) is 2. The Morgan fingerprint density at radius 1 is 1.25 bits per heavy atom. The Morgan fingerprint density at radius 2 is 1.75 bits per heavy atom. The van der Waals surface area contributed by atoms with Crippen molar-refractivity contribution in [1.82, 2.24) is 9.97 Å². The van der Waals surface area contributed by atoms with Gasteiger partial charge in [0.1, 0.15) is 0 Å². The summed E-state index contributed by atoms with van der Waals surface area (Å²) < 4.78 is 38.1. The lowest BCUT2D eigenvalue weighted by atomic mass is 10.6. The molecule has 0 saturated heterocycles. The van der Waals surface area contributed by atoms with Crippen molar-refractivity contribution in [1.29, 1.82) is 0 Å². The molecule has 0 atom stereocenters. The van der Waals surface area contributed by atoms with Crippen molar-refractivity contribution in [2.24, 2.45) is 0 Å². The first-order chi connectivity index (χ1) is 5.47. The van der Waals surface area contributed by atoms with E-state index in [0.29, 0.717) is 0 Å². The SMILES string of the molecule is Nc1ncc(OC(F)(F)F)cn1. The molecule has 1 heterocycles. The maximum absolute atomic E-state index is 11.5. The fourth-order valence-corrected chi connectivity index (χ4v) is 0.513. The molecule has 4 nitrogen and oxygen atoms in total. The number of hydrogen-bond acceptors (Lipinski definition) is 4. The van der Waals surface area contributed by atoms with E-state index in [-0.39, 0.29) is 5.95 Å². The van der Waals surface area contributed by atoms with Gasteiger partial charge in [-0.1, -0.05) is 0 Å². The van der Waals surface area contributed by atoms with Crippen LogP contribution in [0.4, 0.5) is 19.1 Å². The van der Waals surface area contributed by atoms with E-state index in [4.69, 9.17) is 5.73 Å². The third-order valence-corrected chi connectivity index (χ3v) is 0.882. The van der Waals surface area contributed by atoms with E-state index >= 15 is 0 Å². The first-order valence-electron chi connectivity index (χ1n) is 2.80. The van der Waals surface area contributed by atoms with Crippen LogP contribution in [0.1, 0.15) is 0 Å². The normalized spacial score (nSPS) is 11.2. The quantitative estimate of drug-likeness (QED) is 0.697. The molecule has 1 aromatic rings. The Kier molecular flexibility index (Phi) is 2.03. The summed E-state index contributed by atoms with van der Waals surface area (Å²) >= 11 is 0. The predicted molar refractivity (Wildman–Crippen MR) is 33.1 cm³/mol. The zero-order valence-electron chi connectivity index (χ0n) is 5.67. The average Bonchev–Trinajstić information content (AvgIpc) is 1.91. The molecule has 0 unspecified atom stereocenters. The second-order valence-electron chi connectivity index (χ2n) is 1.82. The van der Waals surface area contributed by atoms with E-state index in [2.05, 4.69) is 14.7 Å². The van der Waals surface area contributed by atoms with Gasteiger partial charge in [0.05, 0.1) is 12.4 Å². The molecule has 0 saturated carbocycles. The van der Waals surface area contributed by atoms with Gasteiger partial charge in [0.25, 0.3) is 0 Å². The molecule has 1 aromatic heterocycles. The molecule has 0 radical (unpaired) electrons. The molecule has 0 amide bonds. The van der Waals surface area contributed by atoms with Crippen molar-refractivity contribution < 1.29 is 17.9 Å². The van der Waals surface area contributed by atoms with Gasteiger partial charge in [-0.3, -0.25) is 0 Å². The van der Waals surface area contributed by atoms with Gasteiger partial charge in [0.15, 0.2) is 5.75 Å². The number of halogens is 3. The number of nitrogens with two attached hydrogens (primary N) is 1. The van der Waals surface area contributed by atoms with Crippen LogP contribution in [-0.4, -0.2) is 16.3 Å². The number of hydrogen-bond donors (Lipinski definition) is 1. The van der Waals surface area contributed by atoms with Gasteiger partial charge >= 0.3 is 6.36 Å². The minimum absolute atomic E-state index is 0.107. The molecule has 12 heavy (non-hydrogen) atoms. The maximum Gasteiger partial charge on any atom is 0.573 e. The van der Waals surface area contributed by atoms with Gasteiger partial charge in [0, 0.05) is 0 Å². The zero-order valence-corrected chi connectivity index (χ0v) is 5.67. The summed E-state index contributed by atoms with van der Waals surface area (Å²) in [6.45, 7) is 0. The van der Waals surface area contributed by atoms with E-state index < -0.39 is 12.1 Å². The van der Waals surface area contributed by atoms with E-state index in [9.17, 15) is 13.2 Å². The molecule has 0 bridgehead atoms. The molecule has 0 aromatic carbocycles. The smallest absolute Gasteiger partial charge is 0.402 e. The predicted octanol–water partition coefficient (Wildman–Crippen LogP) is 0.957. The largest absolute Gasteiger partial charge is 0.573 e. The van der Waals surface area contributed by atoms with Gasteiger partial charge in [0.2, 0.25) is 5.95 Å². The summed E-state index contributed by atoms with van der Waals surface area (Å²) in [6.07, 6.45) is -3.04. The molecule has 7 heteroatoms. The third kappa shape index (κ3) is 2.60.